The summed E-state index contributed by atoms with van der Waals surface area (Å²) in [6.45, 7) is 15.3. The third kappa shape index (κ3) is 15.3. The van der Waals surface area contributed by atoms with Crippen LogP contribution in [0.15, 0.2) is 41.7 Å². The molecule has 2 aromatic carbocycles. The quantitative estimate of drug-likeness (QED) is 0.0572. The van der Waals surface area contributed by atoms with Gasteiger partial charge in [0.25, 0.3) is 11.8 Å². The van der Waals surface area contributed by atoms with Crippen LogP contribution in [0.25, 0.3) is 0 Å². The van der Waals surface area contributed by atoms with Crippen LogP contribution in [0, 0.1) is 29.0 Å². The number of rotatable bonds is 15. The van der Waals surface area contributed by atoms with Gasteiger partial charge in [-0.15, -0.1) is 0 Å². The van der Waals surface area contributed by atoms with Gasteiger partial charge in [-0.25, -0.2) is 4.39 Å². The monoisotopic (exact) mass is 845 g/mol. The minimum Gasteiger partial charge on any atom is -0.393 e. The van der Waals surface area contributed by atoms with Gasteiger partial charge >= 0.3 is 0 Å². The van der Waals surface area contributed by atoms with Crippen LogP contribution in [0.5, 0.6) is 0 Å². The first-order chi connectivity index (χ1) is 27.5. The van der Waals surface area contributed by atoms with Crippen LogP contribution in [0.3, 0.4) is 0 Å². The molecule has 16 heteroatoms. The van der Waals surface area contributed by atoms with Crippen LogP contribution in [-0.4, -0.2) is 86.1 Å². The number of likely N-dealkylation sites (tertiary alicyclic amines) is 1. The second-order valence-corrected chi connectivity index (χ2v) is 15.8. The van der Waals surface area contributed by atoms with Crippen molar-refractivity contribution in [3.05, 3.63) is 74.3 Å². The number of nitrogens with zero attached hydrogens (tertiary/aromatic N) is 2. The van der Waals surface area contributed by atoms with E-state index >= 15 is 4.39 Å². The van der Waals surface area contributed by atoms with E-state index in [-0.39, 0.29) is 61.7 Å². The lowest BCUT2D eigenvalue weighted by molar-refractivity contribution is -0.119. The standard InChI is InChI=1S/C34H41Cl2FN6O4.C6H14.C2H3NO2/c1-19(2)32(45)24-15-27(37)29(16-23(24)20(3)44)43-13-7-21(8-14-43)18-42-11-9-22(10-12-42)40-34(47)31(39)28(17-38)41-33(46)30-25(35)5-4-6-26(30)36;1-4-5-6(2)3;4-1-3-2-5/h4-6,15-17,19,21-22,38H,7-14,18,39H2,1-3H3,(H,40,47)(H,41,46);6H,4-5H2,1-3H3;1-2H,(H,3,4,5)/b31-28+,38-17?;;. The molecule has 6 N–H and O–H groups in total. The first-order valence-electron chi connectivity index (χ1n) is 19.5. The molecule has 0 bridgehead atoms. The molecule has 0 atom stereocenters. The van der Waals surface area contributed by atoms with E-state index in [4.69, 9.17) is 43.9 Å². The van der Waals surface area contributed by atoms with Gasteiger partial charge in [0.15, 0.2) is 11.6 Å². The number of halogens is 3. The van der Waals surface area contributed by atoms with E-state index in [2.05, 4.69) is 36.3 Å². The molecular formula is C42H58Cl2FN7O6. The van der Waals surface area contributed by atoms with Crippen molar-refractivity contribution in [1.29, 1.82) is 5.41 Å². The molecule has 0 radical (unpaired) electrons. The van der Waals surface area contributed by atoms with Crippen molar-refractivity contribution in [3.8, 4) is 0 Å². The Kier molecular flexibility index (Phi) is 21.3. The highest BCUT2D eigenvalue weighted by Gasteiger charge is 2.29. The first kappa shape index (κ1) is 49.5. The highest BCUT2D eigenvalue weighted by Crippen LogP contribution is 2.31. The first-order valence-corrected chi connectivity index (χ1v) is 20.3. The number of Topliss-reactive ketones (excluding diaryl/α,β-unsaturated/α-hetero) is 2. The normalized spacial score (nSPS) is 15.2. The number of allylic oxidation sites excluding steroid dienone is 1. The predicted molar refractivity (Wildman–Crippen MR) is 227 cm³/mol. The zero-order chi connectivity index (χ0) is 43.5. The lowest BCUT2D eigenvalue weighted by Crippen LogP contribution is -2.48. The molecular weight excluding hydrogens is 788 g/mol. The lowest BCUT2D eigenvalue weighted by atomic mass is 9.92. The summed E-state index contributed by atoms with van der Waals surface area (Å²) in [4.78, 5) is 73.0. The van der Waals surface area contributed by atoms with E-state index in [1.54, 1.807) is 25.2 Å². The van der Waals surface area contributed by atoms with Crippen LogP contribution in [0.2, 0.25) is 10.0 Å². The van der Waals surface area contributed by atoms with Crippen molar-refractivity contribution in [2.45, 2.75) is 86.1 Å². The van der Waals surface area contributed by atoms with Crippen molar-refractivity contribution in [3.63, 3.8) is 0 Å². The third-order valence-corrected chi connectivity index (χ3v) is 10.4. The minimum absolute atomic E-state index is 0.0177. The average molecular weight is 847 g/mol. The van der Waals surface area contributed by atoms with Gasteiger partial charge in [-0.2, -0.15) is 0 Å². The minimum atomic E-state index is -0.684. The van der Waals surface area contributed by atoms with E-state index in [0.717, 1.165) is 44.6 Å². The van der Waals surface area contributed by atoms with Gasteiger partial charge in [0, 0.05) is 62.0 Å². The Balaban J connectivity index is 0.000000928. The molecule has 0 aromatic heterocycles. The average Bonchev–Trinajstić information content (AvgIpc) is 3.18. The second kappa shape index (κ2) is 25.0. The fraction of sp³-hybridized carbons (Fsp3) is 0.500. The number of hydrogen-bond donors (Lipinski definition) is 5. The van der Waals surface area contributed by atoms with Crippen molar-refractivity contribution in [2.75, 3.05) is 37.6 Å². The summed E-state index contributed by atoms with van der Waals surface area (Å²) >= 11 is 12.2. The summed E-state index contributed by atoms with van der Waals surface area (Å²) < 4.78 is 15.2. The number of nitrogens with one attached hydrogen (secondary N) is 4. The van der Waals surface area contributed by atoms with Crippen molar-refractivity contribution >= 4 is 71.3 Å². The van der Waals surface area contributed by atoms with E-state index in [0.29, 0.717) is 50.4 Å². The zero-order valence-electron chi connectivity index (χ0n) is 34.3. The fourth-order valence-electron chi connectivity index (χ4n) is 6.66. The molecule has 318 valence electrons. The van der Waals surface area contributed by atoms with Crippen LogP contribution in [0.1, 0.15) is 111 Å². The molecule has 0 saturated carbocycles. The summed E-state index contributed by atoms with van der Waals surface area (Å²) in [7, 11) is 0. The Bertz CT molecular complexity index is 1760. The Morgan fingerprint density at radius 3 is 1.98 bits per heavy atom. The Labute approximate surface area is 351 Å². The van der Waals surface area contributed by atoms with Gasteiger partial charge in [-0.05, 0) is 68.7 Å². The maximum Gasteiger partial charge on any atom is 0.269 e. The van der Waals surface area contributed by atoms with E-state index in [1.807, 2.05) is 4.90 Å². The Morgan fingerprint density at radius 1 is 0.948 bits per heavy atom. The van der Waals surface area contributed by atoms with Crippen LogP contribution in [-0.2, 0) is 14.4 Å². The molecule has 0 unspecified atom stereocenters. The van der Waals surface area contributed by atoms with Crippen molar-refractivity contribution in [2.24, 2.45) is 23.5 Å². The van der Waals surface area contributed by atoms with Gasteiger partial charge in [0.2, 0.25) is 12.8 Å². The molecule has 2 saturated heterocycles. The number of carbonyl (C=O) groups excluding carboxylic acids is 6. The Hall–Kier alpha value is -4.66. The molecule has 0 aliphatic carbocycles. The number of imide groups is 1. The summed E-state index contributed by atoms with van der Waals surface area (Å²) in [6, 6.07) is 7.23. The zero-order valence-corrected chi connectivity index (χ0v) is 35.8. The van der Waals surface area contributed by atoms with Crippen molar-refractivity contribution < 1.29 is 33.2 Å². The molecule has 0 spiro atoms. The number of nitrogens with two attached hydrogens (primary N) is 1. The van der Waals surface area contributed by atoms with E-state index in [9.17, 15) is 19.2 Å². The topological polar surface area (TPSA) is 195 Å². The summed E-state index contributed by atoms with van der Waals surface area (Å²) in [6.07, 6.45) is 7.26. The third-order valence-electron chi connectivity index (χ3n) is 9.77. The fourth-order valence-corrected chi connectivity index (χ4v) is 7.23. The lowest BCUT2D eigenvalue weighted by Gasteiger charge is -2.38. The highest BCUT2D eigenvalue weighted by molar-refractivity contribution is 6.39. The number of benzene rings is 2. The van der Waals surface area contributed by atoms with Gasteiger partial charge in [0.1, 0.15) is 11.5 Å². The molecule has 13 nitrogen and oxygen atoms in total. The predicted octanol–water partition coefficient (Wildman–Crippen LogP) is 6.55. The van der Waals surface area contributed by atoms with Crippen molar-refractivity contribution in [1.82, 2.24) is 20.9 Å². The Morgan fingerprint density at radius 2 is 1.53 bits per heavy atom. The maximum absolute atomic E-state index is 15.2. The highest BCUT2D eigenvalue weighted by atomic mass is 35.5. The molecule has 2 aliphatic rings. The number of ketones is 2. The van der Waals surface area contributed by atoms with Gasteiger partial charge in [0.05, 0.1) is 27.0 Å². The molecule has 2 heterocycles. The van der Waals surface area contributed by atoms with Gasteiger partial charge < -0.3 is 36.9 Å². The summed E-state index contributed by atoms with van der Waals surface area (Å²) in [5, 5.41) is 15.0. The summed E-state index contributed by atoms with van der Waals surface area (Å²) in [5.74, 6) is -1.29. The van der Waals surface area contributed by atoms with E-state index < -0.39 is 17.6 Å². The molecule has 4 amide bonds. The molecule has 2 aliphatic heterocycles. The van der Waals surface area contributed by atoms with Crippen LogP contribution in [0.4, 0.5) is 10.1 Å². The van der Waals surface area contributed by atoms with Gasteiger partial charge in [-0.3, -0.25) is 28.8 Å². The molecule has 2 aromatic rings. The SMILES string of the molecule is CC(=O)c1cc(N2CCC(CN3CCC(NC(=O)/C(N)=C(/C=N)NC(=O)c4c(Cl)cccc4Cl)CC3)CC2)c(F)cc1C(=O)C(C)C.CCCC(C)C.O=CNC=O. The molecule has 4 rings (SSSR count). The van der Waals surface area contributed by atoms with Crippen LogP contribution >= 0.6 is 23.2 Å². The smallest absolute Gasteiger partial charge is 0.269 e. The summed E-state index contributed by atoms with van der Waals surface area (Å²) in [5.41, 5.74) is 6.35. The maximum atomic E-state index is 15.2. The number of piperidine rings is 2. The molecule has 58 heavy (non-hydrogen) atoms. The van der Waals surface area contributed by atoms with Gasteiger partial charge in [-0.1, -0.05) is 76.7 Å². The second-order valence-electron chi connectivity index (χ2n) is 15.0. The van der Waals surface area contributed by atoms with E-state index in [1.165, 1.54) is 44.0 Å². The number of hydrogen-bond acceptors (Lipinski definition) is 10. The number of amides is 4. The molecule has 2 fully saturated rings. The van der Waals surface area contributed by atoms with Crippen LogP contribution < -0.4 is 26.6 Å². The largest absolute Gasteiger partial charge is 0.393 e. The number of carbonyl (C=O) groups is 6. The number of anilines is 1.